The number of methoxy groups -OCH3 is 1. The number of carbonyl (C=O) groups is 1. The van der Waals surface area contributed by atoms with Gasteiger partial charge in [-0.05, 0) is 48.6 Å². The van der Waals surface area contributed by atoms with Crippen molar-refractivity contribution in [1.29, 1.82) is 0 Å². The number of aromatic nitrogens is 1. The van der Waals surface area contributed by atoms with Gasteiger partial charge in [0, 0.05) is 5.39 Å². The zero-order chi connectivity index (χ0) is 12.7. The Labute approximate surface area is 110 Å². The number of hydrogen-bond acceptors (Lipinski definition) is 3. The monoisotopic (exact) mass is 261 g/mol. The topological polar surface area (TPSA) is 39.2 Å². The van der Waals surface area contributed by atoms with E-state index in [-0.39, 0.29) is 5.97 Å². The third-order valence-corrected chi connectivity index (χ3v) is 3.44. The van der Waals surface area contributed by atoms with Crippen molar-refractivity contribution in [2.45, 2.75) is 18.8 Å². The maximum Gasteiger partial charge on any atom is 0.337 e. The summed E-state index contributed by atoms with van der Waals surface area (Å²) in [6.07, 6.45) is 2.29. The first kappa shape index (κ1) is 11.5. The van der Waals surface area contributed by atoms with Gasteiger partial charge in [0.2, 0.25) is 0 Å². The van der Waals surface area contributed by atoms with Crippen molar-refractivity contribution in [3.8, 4) is 0 Å². The van der Waals surface area contributed by atoms with Gasteiger partial charge in [-0.25, -0.2) is 9.78 Å². The van der Waals surface area contributed by atoms with Crippen LogP contribution < -0.4 is 0 Å². The second kappa shape index (κ2) is 4.25. The van der Waals surface area contributed by atoms with Crippen molar-refractivity contribution in [2.24, 2.45) is 0 Å². The SMILES string of the molecule is COC(=O)c1cc(C2CC2)c2nc(Cl)ccc2c1. The first-order valence-corrected chi connectivity index (χ1v) is 6.25. The minimum atomic E-state index is -0.311. The number of carbonyl (C=O) groups excluding carboxylic acids is 1. The second-order valence-corrected chi connectivity index (χ2v) is 4.92. The van der Waals surface area contributed by atoms with Gasteiger partial charge in [-0.1, -0.05) is 11.6 Å². The number of ether oxygens (including phenoxy) is 1. The van der Waals surface area contributed by atoms with Crippen molar-refractivity contribution < 1.29 is 9.53 Å². The fourth-order valence-electron chi connectivity index (χ4n) is 2.18. The summed E-state index contributed by atoms with van der Waals surface area (Å²) in [6, 6.07) is 7.32. The Balaban J connectivity index is 2.25. The molecule has 1 saturated carbocycles. The maximum absolute atomic E-state index is 11.7. The van der Waals surface area contributed by atoms with E-state index in [0.717, 1.165) is 29.3 Å². The fourth-order valence-corrected chi connectivity index (χ4v) is 2.33. The van der Waals surface area contributed by atoms with Crippen LogP contribution in [0, 0.1) is 0 Å². The zero-order valence-electron chi connectivity index (χ0n) is 9.94. The van der Waals surface area contributed by atoms with Gasteiger partial charge in [0.25, 0.3) is 0 Å². The summed E-state index contributed by atoms with van der Waals surface area (Å²) >= 11 is 5.94. The van der Waals surface area contributed by atoms with E-state index in [1.165, 1.54) is 7.11 Å². The first-order chi connectivity index (χ1) is 8.69. The van der Waals surface area contributed by atoms with Crippen LogP contribution in [0.5, 0.6) is 0 Å². The molecule has 0 radical (unpaired) electrons. The Morgan fingerprint density at radius 2 is 2.17 bits per heavy atom. The average Bonchev–Trinajstić information content (AvgIpc) is 3.21. The van der Waals surface area contributed by atoms with E-state index in [1.54, 1.807) is 12.1 Å². The zero-order valence-corrected chi connectivity index (χ0v) is 10.7. The number of benzene rings is 1. The highest BCUT2D eigenvalue weighted by Crippen LogP contribution is 2.43. The van der Waals surface area contributed by atoms with Crippen molar-refractivity contribution in [1.82, 2.24) is 4.98 Å². The number of fused-ring (bicyclic) bond motifs is 1. The molecule has 0 amide bonds. The molecule has 0 unspecified atom stereocenters. The molecule has 1 aromatic carbocycles. The average molecular weight is 262 g/mol. The van der Waals surface area contributed by atoms with Gasteiger partial charge < -0.3 is 4.74 Å². The summed E-state index contributed by atoms with van der Waals surface area (Å²) in [4.78, 5) is 16.0. The van der Waals surface area contributed by atoms with Crippen molar-refractivity contribution in [2.75, 3.05) is 7.11 Å². The van der Waals surface area contributed by atoms with Gasteiger partial charge in [-0.15, -0.1) is 0 Å². The van der Waals surface area contributed by atoms with Crippen LogP contribution >= 0.6 is 11.6 Å². The lowest BCUT2D eigenvalue weighted by molar-refractivity contribution is 0.0601. The quantitative estimate of drug-likeness (QED) is 0.613. The predicted octanol–water partition coefficient (Wildman–Crippen LogP) is 3.55. The minimum absolute atomic E-state index is 0.311. The molecule has 0 N–H and O–H groups in total. The Kier molecular flexibility index (Phi) is 2.71. The molecule has 3 rings (SSSR count). The van der Waals surface area contributed by atoms with Crippen molar-refractivity contribution in [3.63, 3.8) is 0 Å². The molecule has 1 fully saturated rings. The first-order valence-electron chi connectivity index (χ1n) is 5.87. The predicted molar refractivity (Wildman–Crippen MR) is 70.1 cm³/mol. The van der Waals surface area contributed by atoms with Crippen LogP contribution in [0.3, 0.4) is 0 Å². The number of halogens is 1. The van der Waals surface area contributed by atoms with E-state index in [1.807, 2.05) is 12.1 Å². The van der Waals surface area contributed by atoms with E-state index in [4.69, 9.17) is 16.3 Å². The lowest BCUT2D eigenvalue weighted by Crippen LogP contribution is -2.02. The van der Waals surface area contributed by atoms with Crippen molar-refractivity contribution >= 4 is 28.5 Å². The molecule has 1 aromatic heterocycles. The molecule has 0 aliphatic heterocycles. The largest absolute Gasteiger partial charge is 0.465 e. The van der Waals surface area contributed by atoms with Crippen LogP contribution in [0.25, 0.3) is 10.9 Å². The standard InChI is InChI=1S/C14H12ClNO2/c1-18-14(17)10-6-9-4-5-12(15)16-13(9)11(7-10)8-2-3-8/h4-8H,2-3H2,1H3. The van der Waals surface area contributed by atoms with E-state index >= 15 is 0 Å². The molecule has 1 heterocycles. The molecule has 18 heavy (non-hydrogen) atoms. The molecule has 1 aliphatic carbocycles. The molecule has 3 nitrogen and oxygen atoms in total. The lowest BCUT2D eigenvalue weighted by Gasteiger charge is -2.08. The highest BCUT2D eigenvalue weighted by atomic mass is 35.5. The Bertz CT molecular complexity index is 635. The molecule has 1 aliphatic rings. The van der Waals surface area contributed by atoms with Crippen LogP contribution in [0.4, 0.5) is 0 Å². The van der Waals surface area contributed by atoms with Crippen LogP contribution in [0.1, 0.15) is 34.7 Å². The van der Waals surface area contributed by atoms with Crippen LogP contribution in [-0.2, 0) is 4.74 Å². The molecular formula is C14H12ClNO2. The normalized spacial score (nSPS) is 14.8. The van der Waals surface area contributed by atoms with Crippen LogP contribution in [-0.4, -0.2) is 18.1 Å². The third kappa shape index (κ3) is 1.95. The van der Waals surface area contributed by atoms with Crippen LogP contribution in [0.2, 0.25) is 5.15 Å². The summed E-state index contributed by atoms with van der Waals surface area (Å²) < 4.78 is 4.78. The smallest absolute Gasteiger partial charge is 0.337 e. The van der Waals surface area contributed by atoms with Crippen molar-refractivity contribution in [3.05, 3.63) is 40.5 Å². The molecular weight excluding hydrogens is 250 g/mol. The summed E-state index contributed by atoms with van der Waals surface area (Å²) in [5.41, 5.74) is 2.59. The van der Waals surface area contributed by atoms with Gasteiger partial charge in [0.15, 0.2) is 0 Å². The van der Waals surface area contributed by atoms with E-state index in [2.05, 4.69) is 4.98 Å². The molecule has 0 spiro atoms. The third-order valence-electron chi connectivity index (χ3n) is 3.23. The molecule has 4 heteroatoms. The van der Waals surface area contributed by atoms with Crippen LogP contribution in [0.15, 0.2) is 24.3 Å². The Morgan fingerprint density at radius 1 is 1.39 bits per heavy atom. The molecule has 0 atom stereocenters. The van der Waals surface area contributed by atoms with E-state index in [0.29, 0.717) is 16.6 Å². The number of esters is 1. The highest BCUT2D eigenvalue weighted by Gasteiger charge is 2.27. The fraction of sp³-hybridized carbons (Fsp3) is 0.286. The van der Waals surface area contributed by atoms with E-state index < -0.39 is 0 Å². The number of pyridine rings is 1. The summed E-state index contributed by atoms with van der Waals surface area (Å²) in [6.45, 7) is 0. The molecule has 92 valence electrons. The molecule has 0 bridgehead atoms. The van der Waals surface area contributed by atoms with E-state index in [9.17, 15) is 4.79 Å². The molecule has 0 saturated heterocycles. The maximum atomic E-state index is 11.7. The number of rotatable bonds is 2. The summed E-state index contributed by atoms with van der Waals surface area (Å²) in [5.74, 6) is 0.192. The Morgan fingerprint density at radius 3 is 2.83 bits per heavy atom. The summed E-state index contributed by atoms with van der Waals surface area (Å²) in [7, 11) is 1.39. The lowest BCUT2D eigenvalue weighted by atomic mass is 10.0. The molecule has 2 aromatic rings. The van der Waals surface area contributed by atoms with Gasteiger partial charge >= 0.3 is 5.97 Å². The number of nitrogens with zero attached hydrogens (tertiary/aromatic N) is 1. The van der Waals surface area contributed by atoms with Gasteiger partial charge in [0.05, 0.1) is 18.2 Å². The van der Waals surface area contributed by atoms with Gasteiger partial charge in [0.1, 0.15) is 5.15 Å². The van der Waals surface area contributed by atoms with Gasteiger partial charge in [-0.3, -0.25) is 0 Å². The summed E-state index contributed by atoms with van der Waals surface area (Å²) in [5, 5.41) is 1.42. The Hall–Kier alpha value is -1.61. The number of hydrogen-bond donors (Lipinski definition) is 0. The highest BCUT2D eigenvalue weighted by molar-refractivity contribution is 6.29. The minimum Gasteiger partial charge on any atom is -0.465 e. The van der Waals surface area contributed by atoms with Gasteiger partial charge in [-0.2, -0.15) is 0 Å². The second-order valence-electron chi connectivity index (χ2n) is 4.54.